The summed E-state index contributed by atoms with van der Waals surface area (Å²) >= 11 is 0. The molecule has 2 N–H and O–H groups in total. The second-order valence-electron chi connectivity index (χ2n) is 4.99. The molecule has 0 bridgehead atoms. The van der Waals surface area contributed by atoms with Gasteiger partial charge in [0.15, 0.2) is 0 Å². The molecule has 1 fully saturated rings. The predicted molar refractivity (Wildman–Crippen MR) is 81.3 cm³/mol. The van der Waals surface area contributed by atoms with Gasteiger partial charge in [-0.25, -0.2) is 0 Å². The fraction of sp³-hybridized carbons (Fsp3) is 0.500. The monoisotopic (exact) mass is 308 g/mol. The third-order valence-corrected chi connectivity index (χ3v) is 3.56. The molecule has 8 nitrogen and oxygen atoms in total. The predicted octanol–water partition coefficient (Wildman–Crippen LogP) is 0.238. The maximum atomic E-state index is 12.2. The Balaban J connectivity index is 1.95. The minimum atomic E-state index is -0.531. The third kappa shape index (κ3) is 4.15. The SMILES string of the molecule is COc1ccc([N+](=O)[O-])cc1C(=O)NCCN1CCNCC1. The number of carbonyl (C=O) groups is 1. The summed E-state index contributed by atoms with van der Waals surface area (Å²) < 4.78 is 5.10. The molecule has 0 atom stereocenters. The summed E-state index contributed by atoms with van der Waals surface area (Å²) in [5.41, 5.74) is 0.0464. The number of hydrogen-bond donors (Lipinski definition) is 2. The van der Waals surface area contributed by atoms with Crippen molar-refractivity contribution >= 4 is 11.6 Å². The number of nitro groups is 1. The Kier molecular flexibility index (Phi) is 5.68. The Morgan fingerprint density at radius 1 is 1.45 bits per heavy atom. The van der Waals surface area contributed by atoms with Crippen molar-refractivity contribution in [3.8, 4) is 5.75 Å². The first-order chi connectivity index (χ1) is 10.6. The number of methoxy groups -OCH3 is 1. The van der Waals surface area contributed by atoms with Crippen molar-refractivity contribution in [1.82, 2.24) is 15.5 Å². The Hall–Kier alpha value is -2.19. The first kappa shape index (κ1) is 16.2. The van der Waals surface area contributed by atoms with Crippen molar-refractivity contribution in [3.63, 3.8) is 0 Å². The highest BCUT2D eigenvalue weighted by molar-refractivity contribution is 5.97. The van der Waals surface area contributed by atoms with Gasteiger partial charge < -0.3 is 15.4 Å². The summed E-state index contributed by atoms with van der Waals surface area (Å²) in [5.74, 6) is -0.0408. The molecule has 22 heavy (non-hydrogen) atoms. The lowest BCUT2D eigenvalue weighted by Crippen LogP contribution is -2.46. The van der Waals surface area contributed by atoms with Crippen molar-refractivity contribution in [1.29, 1.82) is 0 Å². The molecule has 0 aromatic heterocycles. The highest BCUT2D eigenvalue weighted by Crippen LogP contribution is 2.23. The smallest absolute Gasteiger partial charge is 0.270 e. The second-order valence-corrected chi connectivity index (χ2v) is 4.99. The van der Waals surface area contributed by atoms with Gasteiger partial charge in [-0.3, -0.25) is 19.8 Å². The Morgan fingerprint density at radius 3 is 2.82 bits per heavy atom. The molecule has 2 rings (SSSR count). The highest BCUT2D eigenvalue weighted by atomic mass is 16.6. The Bertz CT molecular complexity index is 544. The molecule has 0 aliphatic carbocycles. The molecule has 0 radical (unpaired) electrons. The topological polar surface area (TPSA) is 96.7 Å². The second kappa shape index (κ2) is 7.71. The van der Waals surface area contributed by atoms with E-state index in [9.17, 15) is 14.9 Å². The fourth-order valence-corrected chi connectivity index (χ4v) is 2.34. The molecule has 0 unspecified atom stereocenters. The average Bonchev–Trinajstić information content (AvgIpc) is 2.55. The van der Waals surface area contributed by atoms with E-state index in [0.717, 1.165) is 32.7 Å². The standard InChI is InChI=1S/C14H20N4O4/c1-22-13-3-2-11(18(20)21)10-12(13)14(19)16-6-9-17-7-4-15-5-8-17/h2-3,10,15H,4-9H2,1H3,(H,16,19). The van der Waals surface area contributed by atoms with Crippen molar-refractivity contribution < 1.29 is 14.5 Å². The van der Waals surface area contributed by atoms with Crippen LogP contribution in [-0.2, 0) is 0 Å². The molecule has 1 saturated heterocycles. The van der Waals surface area contributed by atoms with Crippen molar-refractivity contribution in [3.05, 3.63) is 33.9 Å². The average molecular weight is 308 g/mol. The summed E-state index contributed by atoms with van der Waals surface area (Å²) in [6.45, 7) is 5.06. The zero-order chi connectivity index (χ0) is 15.9. The molecule has 0 spiro atoms. The van der Waals surface area contributed by atoms with E-state index in [1.54, 1.807) is 0 Å². The fourth-order valence-electron chi connectivity index (χ4n) is 2.34. The molecule has 1 aliphatic rings. The van der Waals surface area contributed by atoms with E-state index in [-0.39, 0.29) is 17.2 Å². The first-order valence-electron chi connectivity index (χ1n) is 7.15. The van der Waals surface area contributed by atoms with Crippen molar-refractivity contribution in [2.45, 2.75) is 0 Å². The first-order valence-corrected chi connectivity index (χ1v) is 7.15. The number of nitrogens with zero attached hydrogens (tertiary/aromatic N) is 2. The maximum absolute atomic E-state index is 12.2. The number of non-ortho nitro benzene ring substituents is 1. The van der Waals surface area contributed by atoms with Crippen LogP contribution in [0.25, 0.3) is 0 Å². The summed E-state index contributed by atoms with van der Waals surface area (Å²) in [6, 6.07) is 3.98. The van der Waals surface area contributed by atoms with E-state index < -0.39 is 4.92 Å². The minimum absolute atomic E-state index is 0.131. The molecular formula is C14H20N4O4. The molecule has 1 aromatic rings. The van der Waals surface area contributed by atoms with Gasteiger partial charge >= 0.3 is 0 Å². The van der Waals surface area contributed by atoms with E-state index in [4.69, 9.17) is 4.74 Å². The Morgan fingerprint density at radius 2 is 2.18 bits per heavy atom. The number of nitrogens with one attached hydrogen (secondary N) is 2. The van der Waals surface area contributed by atoms with Crippen LogP contribution in [0.5, 0.6) is 5.75 Å². The van der Waals surface area contributed by atoms with Crippen LogP contribution in [0.3, 0.4) is 0 Å². The van der Waals surface area contributed by atoms with Gasteiger partial charge in [0.1, 0.15) is 5.75 Å². The number of amides is 1. The number of benzene rings is 1. The number of hydrogen-bond acceptors (Lipinski definition) is 6. The van der Waals surface area contributed by atoms with Crippen LogP contribution in [-0.4, -0.2) is 62.1 Å². The largest absolute Gasteiger partial charge is 0.496 e. The van der Waals surface area contributed by atoms with Crippen LogP contribution in [0.4, 0.5) is 5.69 Å². The highest BCUT2D eigenvalue weighted by Gasteiger charge is 2.17. The molecule has 1 amide bonds. The van der Waals surface area contributed by atoms with E-state index in [1.807, 2.05) is 0 Å². The number of rotatable bonds is 6. The summed E-state index contributed by atoms with van der Waals surface area (Å²) in [6.07, 6.45) is 0. The zero-order valence-electron chi connectivity index (χ0n) is 12.5. The Labute approximate surface area is 128 Å². The van der Waals surface area contributed by atoms with Gasteiger partial charge in [-0.1, -0.05) is 0 Å². The van der Waals surface area contributed by atoms with Crippen molar-refractivity contribution in [2.75, 3.05) is 46.4 Å². The molecular weight excluding hydrogens is 288 g/mol. The molecule has 1 aromatic carbocycles. The molecule has 120 valence electrons. The van der Waals surface area contributed by atoms with Gasteiger partial charge in [0.05, 0.1) is 17.6 Å². The van der Waals surface area contributed by atoms with Gasteiger partial charge in [-0.05, 0) is 6.07 Å². The van der Waals surface area contributed by atoms with Gasteiger partial charge in [-0.2, -0.15) is 0 Å². The van der Waals surface area contributed by atoms with Gasteiger partial charge in [-0.15, -0.1) is 0 Å². The van der Waals surface area contributed by atoms with Gasteiger partial charge in [0, 0.05) is 51.4 Å². The lowest BCUT2D eigenvalue weighted by molar-refractivity contribution is -0.384. The summed E-state index contributed by atoms with van der Waals surface area (Å²) in [7, 11) is 1.43. The van der Waals surface area contributed by atoms with Gasteiger partial charge in [0.25, 0.3) is 11.6 Å². The summed E-state index contributed by atoms with van der Waals surface area (Å²) in [5, 5.41) is 16.9. The number of nitro benzene ring substituents is 1. The van der Waals surface area contributed by atoms with E-state index in [0.29, 0.717) is 12.3 Å². The van der Waals surface area contributed by atoms with E-state index in [2.05, 4.69) is 15.5 Å². The van der Waals surface area contributed by atoms with Crippen LogP contribution in [0, 0.1) is 10.1 Å². The van der Waals surface area contributed by atoms with Gasteiger partial charge in [0.2, 0.25) is 0 Å². The maximum Gasteiger partial charge on any atom is 0.270 e. The quantitative estimate of drug-likeness (QED) is 0.577. The van der Waals surface area contributed by atoms with Crippen LogP contribution in [0.1, 0.15) is 10.4 Å². The lowest BCUT2D eigenvalue weighted by Gasteiger charge is -2.27. The van der Waals surface area contributed by atoms with Crippen LogP contribution >= 0.6 is 0 Å². The molecule has 1 heterocycles. The van der Waals surface area contributed by atoms with Crippen LogP contribution in [0.2, 0.25) is 0 Å². The van der Waals surface area contributed by atoms with Crippen LogP contribution < -0.4 is 15.4 Å². The number of ether oxygens (including phenoxy) is 1. The summed E-state index contributed by atoms with van der Waals surface area (Å²) in [4.78, 5) is 24.7. The van der Waals surface area contributed by atoms with E-state index in [1.165, 1.54) is 25.3 Å². The molecule has 0 saturated carbocycles. The lowest BCUT2D eigenvalue weighted by atomic mass is 10.1. The van der Waals surface area contributed by atoms with Crippen molar-refractivity contribution in [2.24, 2.45) is 0 Å². The normalized spacial score (nSPS) is 15.3. The minimum Gasteiger partial charge on any atom is -0.496 e. The molecule has 8 heteroatoms. The third-order valence-electron chi connectivity index (χ3n) is 3.56. The zero-order valence-corrected chi connectivity index (χ0v) is 12.5. The number of piperazine rings is 1. The van der Waals surface area contributed by atoms with Crippen LogP contribution in [0.15, 0.2) is 18.2 Å². The van der Waals surface area contributed by atoms with E-state index >= 15 is 0 Å². The molecule has 1 aliphatic heterocycles. The number of carbonyl (C=O) groups excluding carboxylic acids is 1.